The van der Waals surface area contributed by atoms with Gasteiger partial charge in [-0.1, -0.05) is 6.92 Å². The summed E-state index contributed by atoms with van der Waals surface area (Å²) in [5, 5.41) is 9.31. The van der Waals surface area contributed by atoms with Gasteiger partial charge in [0.05, 0.1) is 37.1 Å². The molecule has 1 aliphatic rings. The zero-order chi connectivity index (χ0) is 24.9. The number of amides is 1. The van der Waals surface area contributed by atoms with Gasteiger partial charge < -0.3 is 19.1 Å². The number of ether oxygens (including phenoxy) is 1. The molecule has 8 heteroatoms. The molecule has 0 bridgehead atoms. The van der Waals surface area contributed by atoms with Crippen molar-refractivity contribution in [3.8, 4) is 23.1 Å². The first-order valence-electron chi connectivity index (χ1n) is 12.1. The van der Waals surface area contributed by atoms with E-state index in [9.17, 15) is 10.1 Å². The Kier molecular flexibility index (Phi) is 7.47. The molecule has 0 spiro atoms. The van der Waals surface area contributed by atoms with Crippen molar-refractivity contribution >= 4 is 5.91 Å². The van der Waals surface area contributed by atoms with E-state index in [0.29, 0.717) is 36.7 Å². The van der Waals surface area contributed by atoms with Gasteiger partial charge in [0.15, 0.2) is 0 Å². The molecule has 4 rings (SSSR count). The first kappa shape index (κ1) is 24.4. The molecule has 1 aromatic carbocycles. The van der Waals surface area contributed by atoms with Crippen molar-refractivity contribution < 1.29 is 9.53 Å². The van der Waals surface area contributed by atoms with Gasteiger partial charge in [0.1, 0.15) is 17.4 Å². The average Bonchev–Trinajstić information content (AvgIpc) is 3.30. The van der Waals surface area contributed by atoms with E-state index < -0.39 is 0 Å². The number of hydrogen-bond donors (Lipinski definition) is 0. The number of aromatic nitrogens is 3. The normalized spacial score (nSPS) is 13.1. The lowest BCUT2D eigenvalue weighted by molar-refractivity contribution is 0.0724. The second-order valence-corrected chi connectivity index (χ2v) is 8.90. The topological polar surface area (TPSA) is 87.3 Å². The lowest BCUT2D eigenvalue weighted by atomic mass is 9.89. The Balaban J connectivity index is 1.67. The fourth-order valence-electron chi connectivity index (χ4n) is 4.45. The minimum Gasteiger partial charge on any atom is -0.492 e. The van der Waals surface area contributed by atoms with Crippen LogP contribution < -0.4 is 4.74 Å². The molecule has 182 valence electrons. The van der Waals surface area contributed by atoms with Crippen molar-refractivity contribution in [2.24, 2.45) is 7.05 Å². The van der Waals surface area contributed by atoms with Gasteiger partial charge in [-0.2, -0.15) is 5.26 Å². The molecule has 0 fully saturated rings. The molecule has 0 radical (unpaired) electrons. The van der Waals surface area contributed by atoms with Gasteiger partial charge in [0.25, 0.3) is 5.91 Å². The van der Waals surface area contributed by atoms with Crippen molar-refractivity contribution in [1.29, 1.82) is 5.26 Å². The molecule has 0 N–H and O–H groups in total. The number of pyridine rings is 1. The highest BCUT2D eigenvalue weighted by atomic mass is 16.5. The van der Waals surface area contributed by atoms with Crippen LogP contribution in [0, 0.1) is 11.3 Å². The molecule has 0 unspecified atom stereocenters. The van der Waals surface area contributed by atoms with Crippen LogP contribution in [0.25, 0.3) is 11.3 Å². The average molecular weight is 473 g/mol. The number of likely N-dealkylation sites (N-methyl/N-ethyl adjacent to an activating group) is 1. The summed E-state index contributed by atoms with van der Waals surface area (Å²) in [5.74, 6) is 0.509. The number of carbonyl (C=O) groups excluding carboxylic acids is 1. The zero-order valence-electron chi connectivity index (χ0n) is 20.9. The number of imidazole rings is 1. The van der Waals surface area contributed by atoms with Crippen LogP contribution in [0.15, 0.2) is 36.9 Å². The second-order valence-electron chi connectivity index (χ2n) is 8.90. The van der Waals surface area contributed by atoms with Gasteiger partial charge in [-0.3, -0.25) is 9.78 Å². The van der Waals surface area contributed by atoms with Crippen molar-refractivity contribution in [3.05, 3.63) is 64.9 Å². The maximum absolute atomic E-state index is 13.7. The summed E-state index contributed by atoms with van der Waals surface area (Å²) < 4.78 is 7.61. The Morgan fingerprint density at radius 3 is 2.69 bits per heavy atom. The number of benzene rings is 1. The smallest absolute Gasteiger partial charge is 0.254 e. The van der Waals surface area contributed by atoms with Crippen molar-refractivity contribution in [2.45, 2.75) is 33.2 Å². The number of carbonyl (C=O) groups is 1. The molecule has 3 aromatic rings. The summed E-state index contributed by atoms with van der Waals surface area (Å²) in [6, 6.07) is 8.16. The summed E-state index contributed by atoms with van der Waals surface area (Å²) in [7, 11) is 4.09. The number of nitrogens with zero attached hydrogens (tertiary/aromatic N) is 6. The van der Waals surface area contributed by atoms with E-state index in [-0.39, 0.29) is 5.91 Å². The van der Waals surface area contributed by atoms with E-state index >= 15 is 0 Å². The van der Waals surface area contributed by atoms with Crippen LogP contribution in [-0.4, -0.2) is 63.5 Å². The van der Waals surface area contributed by atoms with E-state index in [2.05, 4.69) is 47.0 Å². The van der Waals surface area contributed by atoms with E-state index in [1.54, 1.807) is 12.4 Å². The SMILES string of the molecule is CCOc1cc(CN2CCc3c(cc(CCN(C)CC)cc3-c3cncn3C)C2=O)ncc1C#N. The van der Waals surface area contributed by atoms with Gasteiger partial charge >= 0.3 is 0 Å². The molecule has 1 aliphatic heterocycles. The van der Waals surface area contributed by atoms with Gasteiger partial charge in [-0.05, 0) is 56.6 Å². The lowest BCUT2D eigenvalue weighted by Crippen LogP contribution is -2.37. The number of nitriles is 1. The molecule has 2 aromatic heterocycles. The summed E-state index contributed by atoms with van der Waals surface area (Å²) in [4.78, 5) is 26.5. The monoisotopic (exact) mass is 472 g/mol. The summed E-state index contributed by atoms with van der Waals surface area (Å²) >= 11 is 0. The first-order chi connectivity index (χ1) is 16.9. The molecule has 0 saturated carbocycles. The minimum absolute atomic E-state index is 0.00415. The summed E-state index contributed by atoms with van der Waals surface area (Å²) in [5.41, 5.74) is 6.17. The van der Waals surface area contributed by atoms with Crippen LogP contribution in [0.3, 0.4) is 0 Å². The maximum Gasteiger partial charge on any atom is 0.254 e. The van der Waals surface area contributed by atoms with E-state index in [0.717, 1.165) is 53.9 Å². The largest absolute Gasteiger partial charge is 0.492 e. The third-order valence-corrected chi connectivity index (χ3v) is 6.57. The fraction of sp³-hybridized carbons (Fsp3) is 0.407. The van der Waals surface area contributed by atoms with Crippen LogP contribution in [0.1, 0.15) is 46.6 Å². The quantitative estimate of drug-likeness (QED) is 0.474. The molecular weight excluding hydrogens is 440 g/mol. The molecule has 0 aliphatic carbocycles. The highest BCUT2D eigenvalue weighted by Gasteiger charge is 2.28. The Morgan fingerprint density at radius 1 is 1.20 bits per heavy atom. The summed E-state index contributed by atoms with van der Waals surface area (Å²) in [6.07, 6.45) is 6.80. The van der Waals surface area contributed by atoms with E-state index in [1.165, 1.54) is 6.20 Å². The highest BCUT2D eigenvalue weighted by molar-refractivity contribution is 5.99. The summed E-state index contributed by atoms with van der Waals surface area (Å²) in [6.45, 7) is 7.35. The number of fused-ring (bicyclic) bond motifs is 1. The molecular formula is C27H32N6O2. The zero-order valence-corrected chi connectivity index (χ0v) is 20.9. The Hall–Kier alpha value is -3.70. The van der Waals surface area contributed by atoms with Crippen molar-refractivity contribution in [1.82, 2.24) is 24.3 Å². The standard InChI is InChI=1S/C27H32N6O2/c1-5-31(3)9-7-19-11-23(25-16-29-18-32(25)4)22-8-10-33(27(34)24(22)12-19)17-21-13-26(35-6-2)20(14-28)15-30-21/h11-13,15-16,18H,5-10,17H2,1-4H3. The van der Waals surface area contributed by atoms with E-state index in [4.69, 9.17) is 4.74 Å². The van der Waals surface area contributed by atoms with Crippen LogP contribution >= 0.6 is 0 Å². The van der Waals surface area contributed by atoms with Crippen LogP contribution in [0.5, 0.6) is 5.75 Å². The molecule has 0 atom stereocenters. The molecule has 0 saturated heterocycles. The molecule has 3 heterocycles. The van der Waals surface area contributed by atoms with E-state index in [1.807, 2.05) is 29.6 Å². The third-order valence-electron chi connectivity index (χ3n) is 6.57. The van der Waals surface area contributed by atoms with Crippen LogP contribution in [0.4, 0.5) is 0 Å². The first-order valence-corrected chi connectivity index (χ1v) is 12.1. The predicted octanol–water partition coefficient (Wildman–Crippen LogP) is 3.45. The van der Waals surface area contributed by atoms with Crippen molar-refractivity contribution in [3.63, 3.8) is 0 Å². The van der Waals surface area contributed by atoms with Crippen LogP contribution in [0.2, 0.25) is 0 Å². The fourth-order valence-corrected chi connectivity index (χ4v) is 4.45. The number of rotatable bonds is 9. The van der Waals surface area contributed by atoms with Crippen molar-refractivity contribution in [2.75, 3.05) is 33.3 Å². The van der Waals surface area contributed by atoms with Crippen LogP contribution in [-0.2, 0) is 26.4 Å². The van der Waals surface area contributed by atoms with Gasteiger partial charge in [0, 0.05) is 43.5 Å². The Morgan fingerprint density at radius 2 is 2.00 bits per heavy atom. The lowest BCUT2D eigenvalue weighted by Gasteiger charge is -2.30. The maximum atomic E-state index is 13.7. The number of hydrogen-bond acceptors (Lipinski definition) is 6. The Bertz CT molecular complexity index is 1260. The molecule has 1 amide bonds. The second kappa shape index (κ2) is 10.7. The molecule has 35 heavy (non-hydrogen) atoms. The van der Waals surface area contributed by atoms with Gasteiger partial charge in [0.2, 0.25) is 0 Å². The molecule has 8 nitrogen and oxygen atoms in total. The third kappa shape index (κ3) is 5.20. The minimum atomic E-state index is 0.00415. The number of aryl methyl sites for hydroxylation is 1. The van der Waals surface area contributed by atoms with Gasteiger partial charge in [-0.15, -0.1) is 0 Å². The Labute approximate surface area is 206 Å². The predicted molar refractivity (Wildman–Crippen MR) is 134 cm³/mol. The van der Waals surface area contributed by atoms with Gasteiger partial charge in [-0.25, -0.2) is 4.98 Å². The highest BCUT2D eigenvalue weighted by Crippen LogP contribution is 2.32.